The Bertz CT molecular complexity index is 427. The summed E-state index contributed by atoms with van der Waals surface area (Å²) in [5.41, 5.74) is 7.31. The van der Waals surface area contributed by atoms with E-state index in [9.17, 15) is 4.79 Å². The predicted molar refractivity (Wildman–Crippen MR) is 70.8 cm³/mol. The molecule has 2 N–H and O–H groups in total. The minimum absolute atomic E-state index is 0.341. The van der Waals surface area contributed by atoms with E-state index in [1.165, 1.54) is 31.2 Å². The Morgan fingerprint density at radius 2 is 2.18 bits per heavy atom. The molecule has 1 amide bonds. The van der Waals surface area contributed by atoms with Crippen LogP contribution in [0.1, 0.15) is 55.7 Å². The number of nitrogens with zero attached hydrogens (tertiary/aromatic N) is 1. The van der Waals surface area contributed by atoms with Crippen LogP contribution in [0.4, 0.5) is 0 Å². The fourth-order valence-electron chi connectivity index (χ4n) is 2.40. The van der Waals surface area contributed by atoms with Gasteiger partial charge in [-0.15, -0.1) is 0 Å². The van der Waals surface area contributed by atoms with Crippen LogP contribution in [0.5, 0.6) is 0 Å². The Hall–Kier alpha value is -0.900. The monoisotopic (exact) mass is 296 g/mol. The van der Waals surface area contributed by atoms with Crippen molar-refractivity contribution < 1.29 is 4.79 Å². The van der Waals surface area contributed by atoms with Crippen LogP contribution in [0.25, 0.3) is 0 Å². The van der Waals surface area contributed by atoms with E-state index in [2.05, 4.69) is 27.0 Å². The maximum atomic E-state index is 11.2. The summed E-state index contributed by atoms with van der Waals surface area (Å²) in [7, 11) is 0. The Labute approximate surface area is 110 Å². The highest BCUT2D eigenvalue weighted by Gasteiger charge is 2.21. The van der Waals surface area contributed by atoms with Crippen LogP contribution < -0.4 is 5.73 Å². The molecule has 0 aromatic carbocycles. The maximum absolute atomic E-state index is 11.2. The number of halogens is 1. The Morgan fingerprint density at radius 3 is 2.71 bits per heavy atom. The van der Waals surface area contributed by atoms with Crippen molar-refractivity contribution in [1.82, 2.24) is 4.98 Å². The first kappa shape index (κ1) is 12.6. The summed E-state index contributed by atoms with van der Waals surface area (Å²) in [4.78, 5) is 15.6. The lowest BCUT2D eigenvalue weighted by atomic mass is 9.98. The van der Waals surface area contributed by atoms with E-state index in [0.717, 1.165) is 10.2 Å². The van der Waals surface area contributed by atoms with Gasteiger partial charge < -0.3 is 5.73 Å². The SMILES string of the molecule is CC(C(N)=O)c1ncc(C2CCCC2)cc1Br. The van der Waals surface area contributed by atoms with Crippen molar-refractivity contribution >= 4 is 21.8 Å². The van der Waals surface area contributed by atoms with Gasteiger partial charge in [0, 0.05) is 10.7 Å². The summed E-state index contributed by atoms with van der Waals surface area (Å²) in [6, 6.07) is 2.09. The van der Waals surface area contributed by atoms with Crippen molar-refractivity contribution in [3.8, 4) is 0 Å². The summed E-state index contributed by atoms with van der Waals surface area (Å²) in [6.07, 6.45) is 7.01. The normalized spacial score (nSPS) is 18.2. The topological polar surface area (TPSA) is 56.0 Å². The quantitative estimate of drug-likeness (QED) is 0.932. The summed E-state index contributed by atoms with van der Waals surface area (Å²) in [5.74, 6) is -0.0504. The zero-order valence-corrected chi connectivity index (χ0v) is 11.5. The molecule has 0 saturated heterocycles. The minimum Gasteiger partial charge on any atom is -0.369 e. The molecule has 0 radical (unpaired) electrons. The van der Waals surface area contributed by atoms with Crippen LogP contribution in [-0.2, 0) is 4.79 Å². The average Bonchev–Trinajstić information content (AvgIpc) is 2.81. The standard InChI is InChI=1S/C13H17BrN2O/c1-8(13(15)17)12-11(14)6-10(7-16-12)9-4-2-3-5-9/h6-9H,2-5H2,1H3,(H2,15,17). The van der Waals surface area contributed by atoms with Gasteiger partial charge in [-0.2, -0.15) is 0 Å². The molecule has 1 fully saturated rings. The zero-order valence-electron chi connectivity index (χ0n) is 9.95. The third kappa shape index (κ3) is 2.68. The first-order chi connectivity index (χ1) is 8.09. The number of pyridine rings is 1. The van der Waals surface area contributed by atoms with Gasteiger partial charge in [0.15, 0.2) is 0 Å². The van der Waals surface area contributed by atoms with Crippen LogP contribution in [0.15, 0.2) is 16.7 Å². The Balaban J connectivity index is 2.24. The van der Waals surface area contributed by atoms with Gasteiger partial charge in [-0.1, -0.05) is 12.8 Å². The van der Waals surface area contributed by atoms with Crippen LogP contribution in [-0.4, -0.2) is 10.9 Å². The van der Waals surface area contributed by atoms with Crippen molar-refractivity contribution in [1.29, 1.82) is 0 Å². The van der Waals surface area contributed by atoms with Crippen LogP contribution >= 0.6 is 15.9 Å². The van der Waals surface area contributed by atoms with E-state index in [1.807, 2.05) is 6.20 Å². The lowest BCUT2D eigenvalue weighted by Gasteiger charge is -2.13. The van der Waals surface area contributed by atoms with Gasteiger partial charge in [0.1, 0.15) is 0 Å². The maximum Gasteiger partial charge on any atom is 0.226 e. The first-order valence-corrected chi connectivity index (χ1v) is 6.83. The summed E-state index contributed by atoms with van der Waals surface area (Å²) < 4.78 is 0.896. The number of amides is 1. The minimum atomic E-state index is -0.345. The molecule has 1 aromatic heterocycles. The molecular formula is C13H17BrN2O. The summed E-state index contributed by atoms with van der Waals surface area (Å²) in [6.45, 7) is 1.78. The van der Waals surface area contributed by atoms with E-state index < -0.39 is 0 Å². The Kier molecular flexibility index (Phi) is 3.82. The highest BCUT2D eigenvalue weighted by atomic mass is 79.9. The fourth-order valence-corrected chi connectivity index (χ4v) is 3.11. The predicted octanol–water partition coefficient (Wildman–Crippen LogP) is 3.09. The van der Waals surface area contributed by atoms with Gasteiger partial charge in [-0.3, -0.25) is 9.78 Å². The largest absolute Gasteiger partial charge is 0.369 e. The molecule has 1 heterocycles. The van der Waals surface area contributed by atoms with E-state index in [4.69, 9.17) is 5.73 Å². The molecule has 1 atom stereocenters. The van der Waals surface area contributed by atoms with Crippen LogP contribution in [0.2, 0.25) is 0 Å². The number of primary amides is 1. The third-order valence-electron chi connectivity index (χ3n) is 3.55. The molecule has 92 valence electrons. The van der Waals surface area contributed by atoms with E-state index >= 15 is 0 Å². The number of hydrogen-bond donors (Lipinski definition) is 1. The van der Waals surface area contributed by atoms with Gasteiger partial charge in [0.25, 0.3) is 0 Å². The van der Waals surface area contributed by atoms with Gasteiger partial charge in [-0.05, 0) is 53.2 Å². The van der Waals surface area contributed by atoms with Crippen molar-refractivity contribution in [3.05, 3.63) is 28.0 Å². The first-order valence-electron chi connectivity index (χ1n) is 6.04. The average molecular weight is 297 g/mol. The molecule has 0 aliphatic heterocycles. The highest BCUT2D eigenvalue weighted by Crippen LogP contribution is 2.35. The summed E-state index contributed by atoms with van der Waals surface area (Å²) in [5, 5.41) is 0. The molecule has 1 aromatic rings. The molecule has 0 bridgehead atoms. The van der Waals surface area contributed by atoms with Gasteiger partial charge in [0.2, 0.25) is 5.91 Å². The van der Waals surface area contributed by atoms with Gasteiger partial charge in [-0.25, -0.2) is 0 Å². The van der Waals surface area contributed by atoms with Crippen molar-refractivity contribution in [3.63, 3.8) is 0 Å². The highest BCUT2D eigenvalue weighted by molar-refractivity contribution is 9.10. The summed E-state index contributed by atoms with van der Waals surface area (Å²) >= 11 is 3.49. The molecule has 1 unspecified atom stereocenters. The molecular weight excluding hydrogens is 280 g/mol. The molecule has 2 rings (SSSR count). The molecule has 1 aliphatic carbocycles. The lowest BCUT2D eigenvalue weighted by molar-refractivity contribution is -0.119. The van der Waals surface area contributed by atoms with Crippen molar-refractivity contribution in [2.45, 2.75) is 44.4 Å². The number of aromatic nitrogens is 1. The van der Waals surface area contributed by atoms with Crippen LogP contribution in [0, 0.1) is 0 Å². The fraction of sp³-hybridized carbons (Fsp3) is 0.538. The second-order valence-electron chi connectivity index (χ2n) is 4.74. The zero-order chi connectivity index (χ0) is 12.4. The van der Waals surface area contributed by atoms with E-state index in [1.54, 1.807) is 6.92 Å². The lowest BCUT2D eigenvalue weighted by Crippen LogP contribution is -2.20. The molecule has 1 saturated carbocycles. The number of carbonyl (C=O) groups is 1. The van der Waals surface area contributed by atoms with E-state index in [-0.39, 0.29) is 11.8 Å². The number of rotatable bonds is 3. The molecule has 0 spiro atoms. The molecule has 4 heteroatoms. The molecule has 1 aliphatic rings. The second-order valence-corrected chi connectivity index (χ2v) is 5.60. The van der Waals surface area contributed by atoms with Crippen molar-refractivity contribution in [2.75, 3.05) is 0 Å². The Morgan fingerprint density at radius 1 is 1.53 bits per heavy atom. The number of carbonyl (C=O) groups excluding carboxylic acids is 1. The van der Waals surface area contributed by atoms with Gasteiger partial charge in [0.05, 0.1) is 11.6 Å². The number of hydrogen-bond acceptors (Lipinski definition) is 2. The number of nitrogens with two attached hydrogens (primary N) is 1. The smallest absolute Gasteiger partial charge is 0.226 e. The van der Waals surface area contributed by atoms with Crippen molar-refractivity contribution in [2.24, 2.45) is 5.73 Å². The van der Waals surface area contributed by atoms with E-state index in [0.29, 0.717) is 5.92 Å². The second kappa shape index (κ2) is 5.17. The molecule has 17 heavy (non-hydrogen) atoms. The van der Waals surface area contributed by atoms with Crippen LogP contribution in [0.3, 0.4) is 0 Å². The third-order valence-corrected chi connectivity index (χ3v) is 4.19. The molecule has 3 nitrogen and oxygen atoms in total. The van der Waals surface area contributed by atoms with Gasteiger partial charge >= 0.3 is 0 Å².